The fraction of sp³-hybridized carbons (Fsp3) is 0.533. The third-order valence-corrected chi connectivity index (χ3v) is 3.52. The van der Waals surface area contributed by atoms with Crippen LogP contribution in [0.15, 0.2) is 24.3 Å². The minimum atomic E-state index is -0.346. The number of rotatable bonds is 4. The Morgan fingerprint density at radius 2 is 2.10 bits per heavy atom. The molecule has 0 amide bonds. The number of hydrogen-bond donors (Lipinski definition) is 1. The van der Waals surface area contributed by atoms with Gasteiger partial charge in [0.1, 0.15) is 5.82 Å². The lowest BCUT2D eigenvalue weighted by atomic mass is 9.86. The van der Waals surface area contributed by atoms with Crippen molar-refractivity contribution in [2.45, 2.75) is 38.1 Å². The van der Waals surface area contributed by atoms with E-state index in [1.807, 2.05) is 0 Å². The second kappa shape index (κ2) is 8.22. The Bertz CT molecular complexity index is 418. The van der Waals surface area contributed by atoms with Crippen LogP contribution < -0.4 is 5.32 Å². The van der Waals surface area contributed by atoms with Crippen molar-refractivity contribution in [2.75, 3.05) is 13.2 Å². The van der Waals surface area contributed by atoms with E-state index >= 15 is 0 Å². The van der Waals surface area contributed by atoms with Crippen molar-refractivity contribution in [3.05, 3.63) is 35.6 Å². The first-order valence-corrected chi connectivity index (χ1v) is 6.88. The Labute approximate surface area is 125 Å². The molecule has 0 radical (unpaired) electrons. The van der Waals surface area contributed by atoms with Gasteiger partial charge in [-0.15, -0.1) is 12.4 Å². The fourth-order valence-electron chi connectivity index (χ4n) is 2.60. The maximum atomic E-state index is 13.0. The third kappa shape index (κ3) is 4.18. The lowest BCUT2D eigenvalue weighted by Crippen LogP contribution is -2.42. The van der Waals surface area contributed by atoms with Gasteiger partial charge in [-0.25, -0.2) is 4.39 Å². The van der Waals surface area contributed by atoms with Gasteiger partial charge in [-0.1, -0.05) is 18.6 Å². The second-order valence-electron chi connectivity index (χ2n) is 4.84. The highest BCUT2D eigenvalue weighted by Crippen LogP contribution is 2.27. The van der Waals surface area contributed by atoms with Crippen LogP contribution in [0.5, 0.6) is 0 Å². The van der Waals surface area contributed by atoms with E-state index in [2.05, 4.69) is 5.32 Å². The molecule has 1 N–H and O–H groups in total. The van der Waals surface area contributed by atoms with Crippen LogP contribution in [0.3, 0.4) is 0 Å². The summed E-state index contributed by atoms with van der Waals surface area (Å²) in [6.07, 6.45) is 3.19. The molecule has 1 heterocycles. The predicted molar refractivity (Wildman–Crippen MR) is 78.7 cm³/mol. The van der Waals surface area contributed by atoms with Crippen LogP contribution >= 0.6 is 12.4 Å². The van der Waals surface area contributed by atoms with Crippen LogP contribution in [-0.4, -0.2) is 25.2 Å². The van der Waals surface area contributed by atoms with Crippen LogP contribution in [0, 0.1) is 5.82 Å². The van der Waals surface area contributed by atoms with E-state index in [1.54, 1.807) is 19.1 Å². The van der Waals surface area contributed by atoms with Crippen LogP contribution in [0.4, 0.5) is 4.39 Å². The molecule has 1 saturated heterocycles. The van der Waals surface area contributed by atoms with Crippen LogP contribution in [-0.2, 0) is 9.53 Å². The molecular formula is C15H21ClFNO2. The summed E-state index contributed by atoms with van der Waals surface area (Å²) < 4.78 is 18.2. The summed E-state index contributed by atoms with van der Waals surface area (Å²) in [5.74, 6) is -0.864. The minimum Gasteiger partial charge on any atom is -0.465 e. The van der Waals surface area contributed by atoms with E-state index in [9.17, 15) is 9.18 Å². The topological polar surface area (TPSA) is 38.3 Å². The van der Waals surface area contributed by atoms with Gasteiger partial charge in [0, 0.05) is 6.04 Å². The maximum Gasteiger partial charge on any atom is 0.315 e. The Morgan fingerprint density at radius 3 is 2.65 bits per heavy atom. The molecule has 1 fully saturated rings. The standard InChI is InChI=1S/C15H20FNO2.ClH/c1-2-19-15(18)14(13-5-3-4-10-17-13)11-6-8-12(16)9-7-11;/h6-9,13-14,17H,2-5,10H2,1H3;1H. The average molecular weight is 302 g/mol. The zero-order valence-electron chi connectivity index (χ0n) is 11.6. The zero-order chi connectivity index (χ0) is 13.7. The molecule has 2 atom stereocenters. The Balaban J connectivity index is 0.00000200. The summed E-state index contributed by atoms with van der Waals surface area (Å²) in [7, 11) is 0. The van der Waals surface area contributed by atoms with Gasteiger partial charge < -0.3 is 10.1 Å². The van der Waals surface area contributed by atoms with Gasteiger partial charge in [-0.2, -0.15) is 0 Å². The molecule has 3 nitrogen and oxygen atoms in total. The van der Waals surface area contributed by atoms with Gasteiger partial charge in [0.05, 0.1) is 12.5 Å². The van der Waals surface area contributed by atoms with Gasteiger partial charge in [0.15, 0.2) is 0 Å². The van der Waals surface area contributed by atoms with Gasteiger partial charge in [0.2, 0.25) is 0 Å². The molecule has 0 aromatic heterocycles. The van der Waals surface area contributed by atoms with Crippen molar-refractivity contribution < 1.29 is 13.9 Å². The summed E-state index contributed by atoms with van der Waals surface area (Å²) in [4.78, 5) is 12.2. The van der Waals surface area contributed by atoms with Crippen molar-refractivity contribution in [1.29, 1.82) is 0 Å². The van der Waals surface area contributed by atoms with E-state index in [-0.39, 0.29) is 36.2 Å². The molecule has 0 bridgehead atoms. The quantitative estimate of drug-likeness (QED) is 0.869. The molecule has 1 aliphatic heterocycles. The molecule has 1 aromatic rings. The van der Waals surface area contributed by atoms with Gasteiger partial charge >= 0.3 is 5.97 Å². The molecule has 0 aliphatic carbocycles. The first kappa shape index (κ1) is 16.9. The average Bonchev–Trinajstić information content (AvgIpc) is 2.43. The summed E-state index contributed by atoms with van der Waals surface area (Å²) in [5, 5.41) is 3.38. The number of halogens is 2. The molecule has 1 aromatic carbocycles. The van der Waals surface area contributed by atoms with Crippen molar-refractivity contribution >= 4 is 18.4 Å². The third-order valence-electron chi connectivity index (χ3n) is 3.52. The van der Waals surface area contributed by atoms with E-state index in [0.29, 0.717) is 6.61 Å². The summed E-state index contributed by atoms with van der Waals surface area (Å²) in [5.41, 5.74) is 0.819. The van der Waals surface area contributed by atoms with Gasteiger partial charge in [0.25, 0.3) is 0 Å². The molecule has 112 valence electrons. The van der Waals surface area contributed by atoms with Crippen LogP contribution in [0.1, 0.15) is 37.7 Å². The van der Waals surface area contributed by atoms with Crippen molar-refractivity contribution in [1.82, 2.24) is 5.32 Å². The summed E-state index contributed by atoms with van der Waals surface area (Å²) in [6.45, 7) is 3.08. The van der Waals surface area contributed by atoms with Crippen molar-refractivity contribution in [3.63, 3.8) is 0 Å². The maximum absolute atomic E-state index is 13.0. The number of benzene rings is 1. The highest BCUT2D eigenvalue weighted by molar-refractivity contribution is 5.85. The molecule has 5 heteroatoms. The number of ether oxygens (including phenoxy) is 1. The smallest absolute Gasteiger partial charge is 0.315 e. The second-order valence-corrected chi connectivity index (χ2v) is 4.84. The van der Waals surface area contributed by atoms with E-state index in [4.69, 9.17) is 4.74 Å². The largest absolute Gasteiger partial charge is 0.465 e. The monoisotopic (exact) mass is 301 g/mol. The predicted octanol–water partition coefficient (Wildman–Crippen LogP) is 3.04. The first-order valence-electron chi connectivity index (χ1n) is 6.88. The molecule has 20 heavy (non-hydrogen) atoms. The fourth-order valence-corrected chi connectivity index (χ4v) is 2.60. The zero-order valence-corrected chi connectivity index (χ0v) is 12.4. The minimum absolute atomic E-state index is 0. The van der Waals surface area contributed by atoms with Crippen molar-refractivity contribution in [3.8, 4) is 0 Å². The Hall–Kier alpha value is -1.13. The van der Waals surface area contributed by atoms with E-state index in [1.165, 1.54) is 12.1 Å². The molecule has 2 unspecified atom stereocenters. The number of nitrogens with one attached hydrogen (secondary N) is 1. The Kier molecular flexibility index (Phi) is 6.96. The molecule has 1 aliphatic rings. The lowest BCUT2D eigenvalue weighted by molar-refractivity contribution is -0.145. The van der Waals surface area contributed by atoms with Crippen molar-refractivity contribution in [2.24, 2.45) is 0 Å². The van der Waals surface area contributed by atoms with Crippen LogP contribution in [0.25, 0.3) is 0 Å². The molecule has 0 spiro atoms. The number of carbonyl (C=O) groups is 1. The molecule has 0 saturated carbocycles. The number of esters is 1. The highest BCUT2D eigenvalue weighted by Gasteiger charge is 2.31. The SMILES string of the molecule is CCOC(=O)C(c1ccc(F)cc1)C1CCCCN1.Cl. The first-order chi connectivity index (χ1) is 9.22. The normalized spacial score (nSPS) is 19.8. The molecule has 2 rings (SSSR count). The molecular weight excluding hydrogens is 281 g/mol. The van der Waals surface area contributed by atoms with Crippen LogP contribution in [0.2, 0.25) is 0 Å². The summed E-state index contributed by atoms with van der Waals surface area (Å²) >= 11 is 0. The van der Waals surface area contributed by atoms with E-state index in [0.717, 1.165) is 31.4 Å². The number of carbonyl (C=O) groups excluding carboxylic acids is 1. The van der Waals surface area contributed by atoms with E-state index < -0.39 is 0 Å². The van der Waals surface area contributed by atoms with Gasteiger partial charge in [-0.05, 0) is 44.0 Å². The highest BCUT2D eigenvalue weighted by atomic mass is 35.5. The summed E-state index contributed by atoms with van der Waals surface area (Å²) in [6, 6.07) is 6.22. The number of hydrogen-bond acceptors (Lipinski definition) is 3. The number of piperidine rings is 1. The van der Waals surface area contributed by atoms with Gasteiger partial charge in [-0.3, -0.25) is 4.79 Å². The Morgan fingerprint density at radius 1 is 1.40 bits per heavy atom. The lowest BCUT2D eigenvalue weighted by Gasteiger charge is -2.30.